The van der Waals surface area contributed by atoms with Crippen molar-refractivity contribution in [3.8, 4) is 5.75 Å². The Morgan fingerprint density at radius 2 is 1.89 bits per heavy atom. The fourth-order valence-corrected chi connectivity index (χ4v) is 5.40. The molecule has 1 aliphatic rings. The first-order valence-corrected chi connectivity index (χ1v) is 12.1. The number of aliphatic hydroxyl groups is 1. The van der Waals surface area contributed by atoms with Crippen LogP contribution in [-0.4, -0.2) is 42.0 Å². The van der Waals surface area contributed by atoms with Crippen molar-refractivity contribution < 1.29 is 29.0 Å². The number of aromatic nitrogens is 1. The molecule has 0 spiro atoms. The molecule has 1 aliphatic heterocycles. The fourth-order valence-electron chi connectivity index (χ4n) is 3.97. The van der Waals surface area contributed by atoms with Gasteiger partial charge in [-0.15, -0.1) is 0 Å². The SMILES string of the molecule is COC(=O)c1sc(N2C(=O)C(=O)/C(=C(/O)c3ccc(OC)c(C)c3)[C@H]2c2cccc(Br)c2)nc1C. The number of nitrogens with zero attached hydrogens (tertiary/aromatic N) is 2. The molecule has 1 aromatic heterocycles. The molecule has 10 heteroatoms. The highest BCUT2D eigenvalue weighted by Crippen LogP contribution is 2.44. The van der Waals surface area contributed by atoms with Gasteiger partial charge in [0.25, 0.3) is 5.78 Å². The number of hydrogen-bond donors (Lipinski definition) is 1. The molecule has 0 saturated carbocycles. The van der Waals surface area contributed by atoms with E-state index in [-0.39, 0.29) is 21.3 Å². The van der Waals surface area contributed by atoms with Crippen LogP contribution in [-0.2, 0) is 14.3 Å². The molecular formula is C25H21BrN2O6S. The van der Waals surface area contributed by atoms with E-state index >= 15 is 0 Å². The molecule has 2 heterocycles. The zero-order valence-corrected chi connectivity index (χ0v) is 21.7. The van der Waals surface area contributed by atoms with Crippen molar-refractivity contribution in [3.63, 3.8) is 0 Å². The largest absolute Gasteiger partial charge is 0.507 e. The summed E-state index contributed by atoms with van der Waals surface area (Å²) >= 11 is 4.38. The number of aliphatic hydroxyl groups excluding tert-OH is 1. The maximum atomic E-state index is 13.3. The lowest BCUT2D eigenvalue weighted by molar-refractivity contribution is -0.132. The Hall–Kier alpha value is -3.50. The Kier molecular flexibility index (Phi) is 6.77. The Bertz CT molecular complexity index is 1400. The van der Waals surface area contributed by atoms with Gasteiger partial charge in [-0.2, -0.15) is 0 Å². The van der Waals surface area contributed by atoms with Gasteiger partial charge < -0.3 is 14.6 Å². The van der Waals surface area contributed by atoms with Crippen LogP contribution in [0.5, 0.6) is 5.75 Å². The van der Waals surface area contributed by atoms with Crippen LogP contribution in [0.2, 0.25) is 0 Å². The average molecular weight is 557 g/mol. The van der Waals surface area contributed by atoms with E-state index in [1.165, 1.54) is 12.0 Å². The number of carbonyl (C=O) groups excluding carboxylic acids is 3. The lowest BCUT2D eigenvalue weighted by Crippen LogP contribution is -2.29. The van der Waals surface area contributed by atoms with Gasteiger partial charge in [0, 0.05) is 10.0 Å². The molecule has 3 aromatic rings. The number of benzene rings is 2. The lowest BCUT2D eigenvalue weighted by Gasteiger charge is -2.23. The van der Waals surface area contributed by atoms with E-state index in [9.17, 15) is 19.5 Å². The van der Waals surface area contributed by atoms with E-state index < -0.39 is 23.7 Å². The number of ketones is 1. The molecule has 0 unspecified atom stereocenters. The van der Waals surface area contributed by atoms with Crippen LogP contribution in [0.1, 0.15) is 38.1 Å². The second-order valence-electron chi connectivity index (χ2n) is 7.81. The average Bonchev–Trinajstić information content (AvgIpc) is 3.34. The summed E-state index contributed by atoms with van der Waals surface area (Å²) in [6.07, 6.45) is 0. The third-order valence-corrected chi connectivity index (χ3v) is 7.27. The fraction of sp³-hybridized carbons (Fsp3) is 0.200. The summed E-state index contributed by atoms with van der Waals surface area (Å²) in [5, 5.41) is 11.4. The van der Waals surface area contributed by atoms with Crippen molar-refractivity contribution in [2.24, 2.45) is 0 Å². The summed E-state index contributed by atoms with van der Waals surface area (Å²) in [5.41, 5.74) is 2.00. The smallest absolute Gasteiger partial charge is 0.350 e. The minimum Gasteiger partial charge on any atom is -0.507 e. The second kappa shape index (κ2) is 9.63. The second-order valence-corrected chi connectivity index (χ2v) is 9.70. The highest BCUT2D eigenvalue weighted by Gasteiger charge is 2.48. The van der Waals surface area contributed by atoms with Crippen LogP contribution < -0.4 is 9.64 Å². The van der Waals surface area contributed by atoms with Crippen LogP contribution >= 0.6 is 27.3 Å². The first kappa shape index (κ1) is 24.6. The van der Waals surface area contributed by atoms with Gasteiger partial charge in [0.1, 0.15) is 16.4 Å². The Balaban J connectivity index is 1.94. The number of Topliss-reactive ketones (excluding diaryl/α,β-unsaturated/α-hetero) is 1. The number of hydrogen-bond acceptors (Lipinski definition) is 8. The van der Waals surface area contributed by atoms with Crippen LogP contribution in [0.4, 0.5) is 5.13 Å². The monoisotopic (exact) mass is 556 g/mol. The van der Waals surface area contributed by atoms with Gasteiger partial charge in [0.05, 0.1) is 31.5 Å². The molecule has 1 N–H and O–H groups in total. The molecule has 1 saturated heterocycles. The van der Waals surface area contributed by atoms with Crippen molar-refractivity contribution in [3.05, 3.63) is 79.8 Å². The van der Waals surface area contributed by atoms with Gasteiger partial charge in [0.15, 0.2) is 5.13 Å². The first-order valence-electron chi connectivity index (χ1n) is 10.4. The van der Waals surface area contributed by atoms with Crippen LogP contribution in [0.15, 0.2) is 52.5 Å². The van der Waals surface area contributed by atoms with Crippen LogP contribution in [0.25, 0.3) is 5.76 Å². The van der Waals surface area contributed by atoms with E-state index in [4.69, 9.17) is 9.47 Å². The maximum Gasteiger partial charge on any atom is 0.350 e. The van der Waals surface area contributed by atoms with Gasteiger partial charge in [-0.1, -0.05) is 39.4 Å². The van der Waals surface area contributed by atoms with E-state index in [1.54, 1.807) is 50.4 Å². The molecule has 35 heavy (non-hydrogen) atoms. The summed E-state index contributed by atoms with van der Waals surface area (Å²) in [7, 11) is 2.80. The van der Waals surface area contributed by atoms with E-state index in [0.29, 0.717) is 22.6 Å². The number of methoxy groups -OCH3 is 2. The van der Waals surface area contributed by atoms with Crippen molar-refractivity contribution in [2.75, 3.05) is 19.1 Å². The highest BCUT2D eigenvalue weighted by atomic mass is 79.9. The molecule has 2 aromatic carbocycles. The standard InChI is InChI=1S/C25H21BrN2O6S/c1-12-10-15(8-9-17(12)33-3)20(29)18-19(14-6-5-7-16(26)11-14)28(23(31)21(18)30)25-27-13(2)22(35-25)24(32)34-4/h5-11,19,29H,1-4H3/b20-18+/t19-/m1/s1. The van der Waals surface area contributed by atoms with Crippen LogP contribution in [0, 0.1) is 13.8 Å². The minimum absolute atomic E-state index is 0.0786. The number of amides is 1. The molecule has 1 amide bonds. The van der Waals surface area contributed by atoms with E-state index in [0.717, 1.165) is 21.4 Å². The van der Waals surface area contributed by atoms with Gasteiger partial charge in [-0.25, -0.2) is 9.78 Å². The number of aryl methyl sites for hydroxylation is 2. The number of thiazole rings is 1. The van der Waals surface area contributed by atoms with E-state index in [1.807, 2.05) is 13.0 Å². The molecule has 180 valence electrons. The summed E-state index contributed by atoms with van der Waals surface area (Å²) < 4.78 is 10.8. The first-order chi connectivity index (χ1) is 16.7. The van der Waals surface area contributed by atoms with Gasteiger partial charge in [-0.3, -0.25) is 14.5 Å². The normalized spacial score (nSPS) is 17.1. The molecule has 0 bridgehead atoms. The number of halogens is 1. The number of carbonyl (C=O) groups is 3. The van der Waals surface area contributed by atoms with Gasteiger partial charge >= 0.3 is 11.9 Å². The molecule has 1 atom stereocenters. The Morgan fingerprint density at radius 3 is 2.51 bits per heavy atom. The third-order valence-electron chi connectivity index (χ3n) is 5.64. The van der Waals surface area contributed by atoms with Gasteiger partial charge in [0.2, 0.25) is 0 Å². The topological polar surface area (TPSA) is 106 Å². The minimum atomic E-state index is -0.967. The summed E-state index contributed by atoms with van der Waals surface area (Å²) in [5.74, 6) is -1.99. The molecule has 0 aliphatic carbocycles. The highest BCUT2D eigenvalue weighted by molar-refractivity contribution is 9.10. The third kappa shape index (κ3) is 4.35. The number of rotatable bonds is 5. The zero-order valence-electron chi connectivity index (χ0n) is 19.3. The lowest BCUT2D eigenvalue weighted by atomic mass is 9.95. The summed E-state index contributed by atoms with van der Waals surface area (Å²) in [4.78, 5) is 44.6. The molecule has 0 radical (unpaired) electrons. The van der Waals surface area contributed by atoms with Crippen molar-refractivity contribution in [2.45, 2.75) is 19.9 Å². The van der Waals surface area contributed by atoms with Crippen LogP contribution in [0.3, 0.4) is 0 Å². The summed E-state index contributed by atoms with van der Waals surface area (Å²) in [6.45, 7) is 3.43. The number of ether oxygens (including phenoxy) is 2. The molecule has 1 fully saturated rings. The Morgan fingerprint density at radius 1 is 1.14 bits per heavy atom. The molecule has 4 rings (SSSR count). The predicted molar refractivity (Wildman–Crippen MR) is 135 cm³/mol. The van der Waals surface area contributed by atoms with Crippen molar-refractivity contribution >= 4 is 55.8 Å². The quantitative estimate of drug-likeness (QED) is 0.205. The number of anilines is 1. The van der Waals surface area contributed by atoms with Crippen molar-refractivity contribution in [1.82, 2.24) is 4.98 Å². The molecular weight excluding hydrogens is 536 g/mol. The zero-order chi connectivity index (χ0) is 25.4. The predicted octanol–water partition coefficient (Wildman–Crippen LogP) is 4.94. The summed E-state index contributed by atoms with van der Waals surface area (Å²) in [6, 6.07) is 11.1. The van der Waals surface area contributed by atoms with E-state index in [2.05, 4.69) is 20.9 Å². The van der Waals surface area contributed by atoms with Crippen molar-refractivity contribution in [1.29, 1.82) is 0 Å². The Labute approximate surface area is 213 Å². The van der Waals surface area contributed by atoms with Gasteiger partial charge in [-0.05, 0) is 55.3 Å². The maximum absolute atomic E-state index is 13.3. The number of esters is 1. The molecule has 8 nitrogen and oxygen atoms in total.